The van der Waals surface area contributed by atoms with Crippen LogP contribution in [0, 0.1) is 5.92 Å². The van der Waals surface area contributed by atoms with Crippen LogP contribution in [0.15, 0.2) is 17.4 Å². The van der Waals surface area contributed by atoms with Crippen molar-refractivity contribution < 1.29 is 0 Å². The number of hydrogen-bond donors (Lipinski definition) is 1. The summed E-state index contributed by atoms with van der Waals surface area (Å²) in [7, 11) is 6.16. The third kappa shape index (κ3) is 5.91. The number of likely N-dealkylation sites (N-methyl/N-ethyl adjacent to an activating group) is 1. The fourth-order valence-corrected chi connectivity index (χ4v) is 3.00. The molecule has 0 spiro atoms. The highest BCUT2D eigenvalue weighted by Crippen LogP contribution is 2.19. The average molecular weight is 448 g/mol. The smallest absolute Gasteiger partial charge is 0.193 e. The predicted octanol–water partition coefficient (Wildman–Crippen LogP) is 2.34. The zero-order valence-electron chi connectivity index (χ0n) is 15.7. The van der Waals surface area contributed by atoms with E-state index in [0.717, 1.165) is 38.1 Å². The molecule has 0 aromatic carbocycles. The second-order valence-corrected chi connectivity index (χ2v) is 6.79. The molecular formula is C17H33IN6. The lowest BCUT2D eigenvalue weighted by Crippen LogP contribution is -2.45. The molecule has 2 heterocycles. The molecule has 1 N–H and O–H groups in total. The van der Waals surface area contributed by atoms with Gasteiger partial charge in [0.2, 0.25) is 0 Å². The van der Waals surface area contributed by atoms with E-state index in [4.69, 9.17) is 4.99 Å². The van der Waals surface area contributed by atoms with Crippen molar-refractivity contribution in [3.63, 3.8) is 0 Å². The number of piperidine rings is 1. The van der Waals surface area contributed by atoms with E-state index in [1.54, 1.807) is 0 Å². The lowest BCUT2D eigenvalue weighted by Gasteiger charge is -2.33. The highest BCUT2D eigenvalue weighted by molar-refractivity contribution is 14.0. The largest absolute Gasteiger partial charge is 0.357 e. The number of guanidine groups is 1. The SMILES string of the molecule is CCNC(=NCC(c1cnn(C)c1)N(C)C)N1CCC(C)CC1.I. The quantitative estimate of drug-likeness (QED) is 0.427. The lowest BCUT2D eigenvalue weighted by molar-refractivity contribution is 0.270. The topological polar surface area (TPSA) is 48.7 Å². The van der Waals surface area contributed by atoms with E-state index < -0.39 is 0 Å². The molecule has 1 aliphatic rings. The van der Waals surface area contributed by atoms with Gasteiger partial charge in [-0.25, -0.2) is 0 Å². The Morgan fingerprint density at radius 1 is 1.42 bits per heavy atom. The molecule has 1 fully saturated rings. The van der Waals surface area contributed by atoms with E-state index in [1.807, 2.05) is 17.9 Å². The Morgan fingerprint density at radius 2 is 2.08 bits per heavy atom. The Labute approximate surface area is 163 Å². The maximum Gasteiger partial charge on any atom is 0.193 e. The molecule has 24 heavy (non-hydrogen) atoms. The molecule has 0 aliphatic carbocycles. The van der Waals surface area contributed by atoms with Crippen molar-refractivity contribution in [2.75, 3.05) is 40.3 Å². The maximum atomic E-state index is 4.92. The van der Waals surface area contributed by atoms with Crippen molar-refractivity contribution in [2.45, 2.75) is 32.7 Å². The van der Waals surface area contributed by atoms with E-state index >= 15 is 0 Å². The van der Waals surface area contributed by atoms with Crippen LogP contribution in [0.4, 0.5) is 0 Å². The molecule has 0 amide bonds. The molecule has 1 aromatic rings. The third-order valence-electron chi connectivity index (χ3n) is 4.57. The summed E-state index contributed by atoms with van der Waals surface area (Å²) in [4.78, 5) is 9.54. The number of nitrogens with one attached hydrogen (secondary N) is 1. The summed E-state index contributed by atoms with van der Waals surface area (Å²) in [5, 5.41) is 7.75. The molecule has 1 atom stereocenters. The summed E-state index contributed by atoms with van der Waals surface area (Å²) >= 11 is 0. The Kier molecular flexibility index (Phi) is 9.04. The first-order valence-corrected chi connectivity index (χ1v) is 8.69. The van der Waals surface area contributed by atoms with Crippen LogP contribution in [0.1, 0.15) is 38.3 Å². The zero-order chi connectivity index (χ0) is 16.8. The monoisotopic (exact) mass is 448 g/mol. The van der Waals surface area contributed by atoms with E-state index in [1.165, 1.54) is 18.4 Å². The second-order valence-electron chi connectivity index (χ2n) is 6.79. The van der Waals surface area contributed by atoms with Crippen LogP contribution >= 0.6 is 24.0 Å². The first kappa shape index (κ1) is 21.2. The van der Waals surface area contributed by atoms with Crippen molar-refractivity contribution in [1.82, 2.24) is 24.9 Å². The minimum Gasteiger partial charge on any atom is -0.357 e. The van der Waals surface area contributed by atoms with Gasteiger partial charge in [0.05, 0.1) is 18.8 Å². The molecule has 138 valence electrons. The number of aromatic nitrogens is 2. The van der Waals surface area contributed by atoms with Gasteiger partial charge in [-0.2, -0.15) is 5.10 Å². The molecule has 0 bridgehead atoms. The normalized spacial score (nSPS) is 17.8. The Morgan fingerprint density at radius 3 is 2.58 bits per heavy atom. The number of likely N-dealkylation sites (tertiary alicyclic amines) is 1. The summed E-state index contributed by atoms with van der Waals surface area (Å²) in [5.41, 5.74) is 1.21. The van der Waals surface area contributed by atoms with Crippen LogP contribution in [-0.4, -0.2) is 65.8 Å². The van der Waals surface area contributed by atoms with Gasteiger partial charge in [-0.15, -0.1) is 24.0 Å². The Bertz CT molecular complexity index is 505. The fourth-order valence-electron chi connectivity index (χ4n) is 3.00. The third-order valence-corrected chi connectivity index (χ3v) is 4.57. The maximum absolute atomic E-state index is 4.92. The van der Waals surface area contributed by atoms with Crippen molar-refractivity contribution in [3.8, 4) is 0 Å². The number of aliphatic imine (C=N–C) groups is 1. The van der Waals surface area contributed by atoms with Crippen molar-refractivity contribution in [1.29, 1.82) is 0 Å². The van der Waals surface area contributed by atoms with E-state index in [9.17, 15) is 0 Å². The summed E-state index contributed by atoms with van der Waals surface area (Å²) in [6.45, 7) is 8.33. The summed E-state index contributed by atoms with van der Waals surface area (Å²) in [6.07, 6.45) is 6.53. The van der Waals surface area contributed by atoms with Gasteiger partial charge in [-0.3, -0.25) is 9.67 Å². The van der Waals surface area contributed by atoms with Crippen LogP contribution in [0.3, 0.4) is 0 Å². The van der Waals surface area contributed by atoms with Gasteiger partial charge in [0.25, 0.3) is 0 Å². The molecule has 1 aromatic heterocycles. The van der Waals surface area contributed by atoms with Crippen LogP contribution in [0.2, 0.25) is 0 Å². The van der Waals surface area contributed by atoms with E-state index in [2.05, 4.69) is 54.4 Å². The molecule has 1 saturated heterocycles. The summed E-state index contributed by atoms with van der Waals surface area (Å²) < 4.78 is 1.85. The first-order chi connectivity index (χ1) is 11.0. The van der Waals surface area contributed by atoms with Crippen LogP contribution in [0.5, 0.6) is 0 Å². The number of hydrogen-bond acceptors (Lipinski definition) is 3. The molecule has 1 unspecified atom stereocenters. The van der Waals surface area contributed by atoms with Gasteiger partial charge in [-0.05, 0) is 39.8 Å². The average Bonchev–Trinajstić information content (AvgIpc) is 2.93. The van der Waals surface area contributed by atoms with Gasteiger partial charge >= 0.3 is 0 Å². The highest BCUT2D eigenvalue weighted by atomic mass is 127. The van der Waals surface area contributed by atoms with Crippen LogP contribution in [-0.2, 0) is 7.05 Å². The summed E-state index contributed by atoms with van der Waals surface area (Å²) in [5.74, 6) is 1.88. The number of aryl methyl sites for hydroxylation is 1. The number of halogens is 1. The first-order valence-electron chi connectivity index (χ1n) is 8.69. The highest BCUT2D eigenvalue weighted by Gasteiger charge is 2.20. The standard InChI is InChI=1S/C17H32N6.HI/c1-6-18-17(23-9-7-14(2)8-10-23)19-12-16(21(3)4)15-11-20-22(5)13-15;/h11,13-14,16H,6-10,12H2,1-5H3,(H,18,19);1H. The number of rotatable bonds is 5. The summed E-state index contributed by atoms with van der Waals surface area (Å²) in [6, 6.07) is 0.251. The molecule has 0 saturated carbocycles. The Hall–Kier alpha value is -0.830. The van der Waals surface area contributed by atoms with E-state index in [-0.39, 0.29) is 30.0 Å². The lowest BCUT2D eigenvalue weighted by atomic mass is 9.99. The molecule has 1 aliphatic heterocycles. The van der Waals surface area contributed by atoms with E-state index in [0.29, 0.717) is 0 Å². The molecular weight excluding hydrogens is 415 g/mol. The van der Waals surface area contributed by atoms with Gasteiger partial charge in [0.15, 0.2) is 5.96 Å². The second kappa shape index (κ2) is 10.2. The van der Waals surface area contributed by atoms with Crippen LogP contribution < -0.4 is 5.32 Å². The zero-order valence-corrected chi connectivity index (χ0v) is 18.0. The number of nitrogens with zero attached hydrogens (tertiary/aromatic N) is 5. The molecule has 7 heteroatoms. The van der Waals surface area contributed by atoms with Gasteiger partial charge < -0.3 is 15.1 Å². The molecule has 6 nitrogen and oxygen atoms in total. The van der Waals surface area contributed by atoms with Crippen molar-refractivity contribution in [2.24, 2.45) is 18.0 Å². The van der Waals surface area contributed by atoms with Gasteiger partial charge in [0, 0.05) is 38.4 Å². The van der Waals surface area contributed by atoms with Gasteiger partial charge in [0.1, 0.15) is 0 Å². The minimum absolute atomic E-state index is 0. The molecule has 2 rings (SSSR count). The fraction of sp³-hybridized carbons (Fsp3) is 0.765. The van der Waals surface area contributed by atoms with Crippen molar-refractivity contribution in [3.05, 3.63) is 18.0 Å². The molecule has 0 radical (unpaired) electrons. The Balaban J connectivity index is 0.00000288. The van der Waals surface area contributed by atoms with Crippen LogP contribution in [0.25, 0.3) is 0 Å². The minimum atomic E-state index is 0. The predicted molar refractivity (Wildman–Crippen MR) is 111 cm³/mol. The van der Waals surface area contributed by atoms with Gasteiger partial charge in [-0.1, -0.05) is 6.92 Å². The van der Waals surface area contributed by atoms with Crippen molar-refractivity contribution >= 4 is 29.9 Å².